The number of hydrogen-bond donors (Lipinski definition) is 0. The van der Waals surface area contributed by atoms with E-state index in [4.69, 9.17) is 11.6 Å². The fourth-order valence-corrected chi connectivity index (χ4v) is 3.20. The first-order valence-electron chi connectivity index (χ1n) is 6.36. The second-order valence-electron chi connectivity index (χ2n) is 5.03. The number of alkyl halides is 1. The highest BCUT2D eigenvalue weighted by atomic mass is 79.9. The van der Waals surface area contributed by atoms with Gasteiger partial charge in [0.05, 0.1) is 0 Å². The van der Waals surface area contributed by atoms with E-state index >= 15 is 0 Å². The molecule has 1 aliphatic heterocycles. The average molecular weight is 335 g/mol. The second kappa shape index (κ2) is 6.36. The molecule has 18 heavy (non-hydrogen) atoms. The minimum atomic E-state index is -0.157. The first kappa shape index (κ1) is 14.3. The summed E-state index contributed by atoms with van der Waals surface area (Å²) in [4.78, 5) is 2.88. The maximum Gasteiger partial charge on any atom is 0.127 e. The Morgan fingerprint density at radius 3 is 2.72 bits per heavy atom. The highest BCUT2D eigenvalue weighted by Gasteiger charge is 2.22. The Morgan fingerprint density at radius 1 is 1.44 bits per heavy atom. The van der Waals surface area contributed by atoms with Gasteiger partial charge in [0.1, 0.15) is 5.82 Å². The van der Waals surface area contributed by atoms with Gasteiger partial charge in [0.2, 0.25) is 0 Å². The lowest BCUT2D eigenvalue weighted by Gasteiger charge is -2.33. The van der Waals surface area contributed by atoms with Gasteiger partial charge in [0.15, 0.2) is 0 Å². The number of benzene rings is 1. The van der Waals surface area contributed by atoms with Gasteiger partial charge in [-0.05, 0) is 50.0 Å². The number of likely N-dealkylation sites (tertiary alicyclic amines) is 1. The van der Waals surface area contributed by atoms with Gasteiger partial charge < -0.3 is 0 Å². The predicted octanol–water partition coefficient (Wildman–Crippen LogP) is 4.47. The van der Waals surface area contributed by atoms with Crippen molar-refractivity contribution in [3.8, 4) is 0 Å². The summed E-state index contributed by atoms with van der Waals surface area (Å²) in [5, 5.41) is 0.607. The van der Waals surface area contributed by atoms with Gasteiger partial charge in [-0.2, -0.15) is 0 Å². The molecular formula is C14H18BrClFN. The normalized spacial score (nSPS) is 20.0. The van der Waals surface area contributed by atoms with E-state index in [0.29, 0.717) is 22.0 Å². The van der Waals surface area contributed by atoms with Crippen LogP contribution in [0.2, 0.25) is 5.02 Å². The van der Waals surface area contributed by atoms with Crippen LogP contribution >= 0.6 is 27.5 Å². The minimum Gasteiger partial charge on any atom is -0.299 e. The smallest absolute Gasteiger partial charge is 0.127 e. The summed E-state index contributed by atoms with van der Waals surface area (Å²) in [6, 6.07) is 4.78. The lowest BCUT2D eigenvalue weighted by atomic mass is 9.94. The van der Waals surface area contributed by atoms with Crippen molar-refractivity contribution in [3.05, 3.63) is 34.6 Å². The van der Waals surface area contributed by atoms with Gasteiger partial charge in [-0.3, -0.25) is 4.90 Å². The quantitative estimate of drug-likeness (QED) is 0.737. The lowest BCUT2D eigenvalue weighted by Crippen LogP contribution is -2.35. The summed E-state index contributed by atoms with van der Waals surface area (Å²) in [5.74, 6) is 0.584. The summed E-state index contributed by atoms with van der Waals surface area (Å²) in [5.41, 5.74) is 0.702. The molecule has 1 heterocycles. The van der Waals surface area contributed by atoms with E-state index < -0.39 is 0 Å². The molecule has 0 bridgehead atoms. The maximum atomic E-state index is 13.6. The monoisotopic (exact) mass is 333 g/mol. The number of piperidine rings is 1. The molecule has 1 aliphatic rings. The average Bonchev–Trinajstić information content (AvgIpc) is 2.34. The largest absolute Gasteiger partial charge is 0.299 e. The predicted molar refractivity (Wildman–Crippen MR) is 77.8 cm³/mol. The molecule has 100 valence electrons. The van der Waals surface area contributed by atoms with E-state index in [0.717, 1.165) is 19.0 Å². The van der Waals surface area contributed by atoms with Crippen LogP contribution in [0.4, 0.5) is 4.39 Å². The van der Waals surface area contributed by atoms with Gasteiger partial charge in [-0.25, -0.2) is 4.39 Å². The summed E-state index contributed by atoms with van der Waals surface area (Å²) in [7, 11) is 0. The standard InChI is InChI=1S/C14H18BrClFN/c1-10(15)11-4-6-18(7-5-11)9-12-8-13(16)2-3-14(12)17/h2-3,8,10-11H,4-7,9H2,1H3. The summed E-state index contributed by atoms with van der Waals surface area (Å²) < 4.78 is 13.6. The molecule has 1 unspecified atom stereocenters. The van der Waals surface area contributed by atoms with Crippen LogP contribution in [0.25, 0.3) is 0 Å². The van der Waals surface area contributed by atoms with E-state index in [1.807, 2.05) is 0 Å². The molecule has 2 rings (SSSR count). The molecule has 4 heteroatoms. The first-order valence-corrected chi connectivity index (χ1v) is 7.66. The van der Waals surface area contributed by atoms with Crippen LogP contribution in [0.3, 0.4) is 0 Å². The summed E-state index contributed by atoms with van der Waals surface area (Å²) in [6.07, 6.45) is 2.35. The first-order chi connectivity index (χ1) is 8.56. The van der Waals surface area contributed by atoms with Crippen LogP contribution in [0.5, 0.6) is 0 Å². The molecule has 1 nitrogen and oxygen atoms in total. The third-order valence-corrected chi connectivity index (χ3v) is 4.67. The van der Waals surface area contributed by atoms with Gasteiger partial charge in [-0.1, -0.05) is 34.5 Å². The Balaban J connectivity index is 1.93. The Labute approximate surface area is 121 Å². The van der Waals surface area contributed by atoms with Crippen LogP contribution < -0.4 is 0 Å². The topological polar surface area (TPSA) is 3.24 Å². The van der Waals surface area contributed by atoms with Gasteiger partial charge >= 0.3 is 0 Å². The molecule has 0 radical (unpaired) electrons. The number of halogens is 3. The fourth-order valence-electron chi connectivity index (χ4n) is 2.48. The van der Waals surface area contributed by atoms with Crippen molar-refractivity contribution >= 4 is 27.5 Å². The molecule has 1 atom stereocenters. The van der Waals surface area contributed by atoms with Crippen LogP contribution in [-0.4, -0.2) is 22.8 Å². The van der Waals surface area contributed by atoms with E-state index in [1.165, 1.54) is 18.9 Å². The van der Waals surface area contributed by atoms with Crippen LogP contribution in [0, 0.1) is 11.7 Å². The van der Waals surface area contributed by atoms with Crippen LogP contribution in [0.15, 0.2) is 18.2 Å². The number of nitrogens with zero attached hydrogens (tertiary/aromatic N) is 1. The molecule has 0 saturated carbocycles. The van der Waals surface area contributed by atoms with Gasteiger partial charge in [-0.15, -0.1) is 0 Å². The highest BCUT2D eigenvalue weighted by Crippen LogP contribution is 2.26. The molecule has 1 aromatic carbocycles. The zero-order valence-electron chi connectivity index (χ0n) is 10.5. The van der Waals surface area contributed by atoms with E-state index in [2.05, 4.69) is 27.8 Å². The molecule has 0 aromatic heterocycles. The van der Waals surface area contributed by atoms with Crippen molar-refractivity contribution in [2.75, 3.05) is 13.1 Å². The zero-order chi connectivity index (χ0) is 13.1. The summed E-state index contributed by atoms with van der Waals surface area (Å²) in [6.45, 7) is 4.94. The Hall–Kier alpha value is -0.120. The van der Waals surface area contributed by atoms with E-state index in [-0.39, 0.29) is 5.82 Å². The third-order valence-electron chi connectivity index (χ3n) is 3.68. The fraction of sp³-hybridized carbons (Fsp3) is 0.571. The molecule has 0 spiro atoms. The van der Waals surface area contributed by atoms with Gasteiger partial charge in [0.25, 0.3) is 0 Å². The Kier molecular flexibility index (Phi) is 5.05. The highest BCUT2D eigenvalue weighted by molar-refractivity contribution is 9.09. The molecule has 1 saturated heterocycles. The van der Waals surface area contributed by atoms with Crippen LogP contribution in [-0.2, 0) is 6.54 Å². The zero-order valence-corrected chi connectivity index (χ0v) is 12.8. The van der Waals surface area contributed by atoms with E-state index in [1.54, 1.807) is 12.1 Å². The third kappa shape index (κ3) is 3.69. The van der Waals surface area contributed by atoms with Crippen molar-refractivity contribution in [3.63, 3.8) is 0 Å². The summed E-state index contributed by atoms with van der Waals surface area (Å²) >= 11 is 9.56. The van der Waals surface area contributed by atoms with Crippen molar-refractivity contribution < 1.29 is 4.39 Å². The minimum absolute atomic E-state index is 0.157. The van der Waals surface area contributed by atoms with Crippen LogP contribution in [0.1, 0.15) is 25.3 Å². The van der Waals surface area contributed by atoms with Crippen molar-refractivity contribution in [2.45, 2.75) is 31.1 Å². The lowest BCUT2D eigenvalue weighted by molar-refractivity contribution is 0.176. The Morgan fingerprint density at radius 2 is 2.11 bits per heavy atom. The Bertz CT molecular complexity index is 403. The molecular weight excluding hydrogens is 317 g/mol. The molecule has 1 aromatic rings. The molecule has 0 aliphatic carbocycles. The molecule has 1 fully saturated rings. The second-order valence-corrected chi connectivity index (χ2v) is 6.91. The van der Waals surface area contributed by atoms with Gasteiger partial charge in [0, 0.05) is 22.0 Å². The molecule has 0 N–H and O–H groups in total. The number of hydrogen-bond acceptors (Lipinski definition) is 1. The van der Waals surface area contributed by atoms with E-state index in [9.17, 15) is 4.39 Å². The SMILES string of the molecule is CC(Br)C1CCN(Cc2cc(Cl)ccc2F)CC1. The van der Waals surface area contributed by atoms with Crippen molar-refractivity contribution in [2.24, 2.45) is 5.92 Å². The molecule has 0 amide bonds. The number of rotatable bonds is 3. The maximum absolute atomic E-state index is 13.6. The van der Waals surface area contributed by atoms with Crippen molar-refractivity contribution in [1.29, 1.82) is 0 Å². The van der Waals surface area contributed by atoms with Crippen molar-refractivity contribution in [1.82, 2.24) is 4.90 Å².